The van der Waals surface area contributed by atoms with E-state index in [1.165, 1.54) is 6.07 Å². The molecule has 1 aliphatic heterocycles. The molecule has 0 radical (unpaired) electrons. The highest BCUT2D eigenvalue weighted by molar-refractivity contribution is 9.10. The van der Waals surface area contributed by atoms with Crippen LogP contribution in [-0.4, -0.2) is 29.2 Å². The zero-order valence-electron chi connectivity index (χ0n) is 14.9. The van der Waals surface area contributed by atoms with Gasteiger partial charge in [-0.2, -0.15) is 0 Å². The standard InChI is InChI=1S/C20H18BrFN4O2/c21-14-3-4-16(15(22)12-14)23-20(27)13-7-9-26(10-8-13)19-6-5-17(24-25-19)18-2-1-11-28-18/h1-6,11-13H,7-10H2,(H,23,27). The van der Waals surface area contributed by atoms with E-state index in [-0.39, 0.29) is 17.5 Å². The minimum atomic E-state index is -0.452. The number of hydrogen-bond donors (Lipinski definition) is 1. The van der Waals surface area contributed by atoms with Gasteiger partial charge in [-0.25, -0.2) is 4.39 Å². The first kappa shape index (κ1) is 18.6. The van der Waals surface area contributed by atoms with Crippen molar-refractivity contribution in [3.8, 4) is 11.5 Å². The highest BCUT2D eigenvalue weighted by atomic mass is 79.9. The van der Waals surface area contributed by atoms with Crippen molar-refractivity contribution in [2.24, 2.45) is 5.92 Å². The fraction of sp³-hybridized carbons (Fsp3) is 0.250. The van der Waals surface area contributed by atoms with Gasteiger partial charge in [0, 0.05) is 23.5 Å². The molecule has 0 saturated carbocycles. The number of carbonyl (C=O) groups excluding carboxylic acids is 1. The average Bonchev–Trinajstić information content (AvgIpc) is 3.25. The van der Waals surface area contributed by atoms with Gasteiger partial charge in [0.25, 0.3) is 0 Å². The van der Waals surface area contributed by atoms with E-state index in [1.807, 2.05) is 18.2 Å². The number of nitrogens with one attached hydrogen (secondary N) is 1. The van der Waals surface area contributed by atoms with Crippen molar-refractivity contribution in [2.45, 2.75) is 12.8 Å². The molecule has 0 spiro atoms. The molecule has 0 bridgehead atoms. The molecule has 6 nitrogen and oxygen atoms in total. The van der Waals surface area contributed by atoms with E-state index < -0.39 is 5.82 Å². The van der Waals surface area contributed by atoms with Gasteiger partial charge < -0.3 is 14.6 Å². The Balaban J connectivity index is 1.34. The molecule has 1 N–H and O–H groups in total. The third kappa shape index (κ3) is 4.06. The van der Waals surface area contributed by atoms with Crippen molar-refractivity contribution in [3.63, 3.8) is 0 Å². The summed E-state index contributed by atoms with van der Waals surface area (Å²) in [6.45, 7) is 1.38. The lowest BCUT2D eigenvalue weighted by molar-refractivity contribution is -0.120. The smallest absolute Gasteiger partial charge is 0.227 e. The Morgan fingerprint density at radius 2 is 2.00 bits per heavy atom. The third-order valence-electron chi connectivity index (χ3n) is 4.80. The number of furan rings is 1. The van der Waals surface area contributed by atoms with Crippen LogP contribution >= 0.6 is 15.9 Å². The summed E-state index contributed by atoms with van der Waals surface area (Å²) in [4.78, 5) is 14.6. The zero-order valence-corrected chi connectivity index (χ0v) is 16.5. The monoisotopic (exact) mass is 444 g/mol. The van der Waals surface area contributed by atoms with E-state index in [4.69, 9.17) is 4.42 Å². The quantitative estimate of drug-likeness (QED) is 0.641. The lowest BCUT2D eigenvalue weighted by Crippen LogP contribution is -2.38. The van der Waals surface area contributed by atoms with E-state index >= 15 is 0 Å². The molecule has 8 heteroatoms. The van der Waals surface area contributed by atoms with Crippen LogP contribution in [0.2, 0.25) is 0 Å². The van der Waals surface area contributed by atoms with Crippen molar-refractivity contribution in [3.05, 3.63) is 59.0 Å². The zero-order chi connectivity index (χ0) is 19.5. The lowest BCUT2D eigenvalue weighted by atomic mass is 9.95. The number of rotatable bonds is 4. The van der Waals surface area contributed by atoms with Gasteiger partial charge in [-0.1, -0.05) is 15.9 Å². The Morgan fingerprint density at radius 1 is 1.18 bits per heavy atom. The number of hydrogen-bond acceptors (Lipinski definition) is 5. The van der Waals surface area contributed by atoms with Gasteiger partial charge in [0.2, 0.25) is 5.91 Å². The fourth-order valence-corrected chi connectivity index (χ4v) is 3.58. The third-order valence-corrected chi connectivity index (χ3v) is 5.30. The Hall–Kier alpha value is -2.74. The summed E-state index contributed by atoms with van der Waals surface area (Å²) >= 11 is 3.21. The predicted octanol–water partition coefficient (Wildman–Crippen LogP) is 4.49. The van der Waals surface area contributed by atoms with E-state index in [0.29, 0.717) is 41.9 Å². The molecule has 1 aromatic carbocycles. The van der Waals surface area contributed by atoms with E-state index in [0.717, 1.165) is 5.82 Å². The first-order chi connectivity index (χ1) is 13.6. The van der Waals surface area contributed by atoms with Gasteiger partial charge in [0.05, 0.1) is 12.0 Å². The first-order valence-electron chi connectivity index (χ1n) is 8.98. The lowest BCUT2D eigenvalue weighted by Gasteiger charge is -2.31. The molecule has 1 saturated heterocycles. The maximum Gasteiger partial charge on any atom is 0.227 e. The van der Waals surface area contributed by atoms with Crippen molar-refractivity contribution < 1.29 is 13.6 Å². The highest BCUT2D eigenvalue weighted by Gasteiger charge is 2.26. The topological polar surface area (TPSA) is 71.3 Å². The molecule has 0 atom stereocenters. The van der Waals surface area contributed by atoms with Crippen LogP contribution in [0, 0.1) is 11.7 Å². The number of anilines is 2. The van der Waals surface area contributed by atoms with Gasteiger partial charge in [-0.3, -0.25) is 4.79 Å². The van der Waals surface area contributed by atoms with Crippen LogP contribution in [0.5, 0.6) is 0 Å². The second kappa shape index (κ2) is 8.10. The molecule has 144 valence electrons. The van der Waals surface area contributed by atoms with Gasteiger partial charge in [-0.15, -0.1) is 10.2 Å². The van der Waals surface area contributed by atoms with Gasteiger partial charge in [-0.05, 0) is 55.3 Å². The summed E-state index contributed by atoms with van der Waals surface area (Å²) in [7, 11) is 0. The maximum absolute atomic E-state index is 13.9. The van der Waals surface area contributed by atoms with Gasteiger partial charge in [0.15, 0.2) is 11.6 Å². The number of carbonyl (C=O) groups is 1. The molecule has 1 fully saturated rings. The van der Waals surface area contributed by atoms with Crippen LogP contribution in [0.1, 0.15) is 12.8 Å². The Kier molecular flexibility index (Phi) is 5.38. The van der Waals surface area contributed by atoms with Gasteiger partial charge >= 0.3 is 0 Å². The minimum absolute atomic E-state index is 0.153. The molecule has 0 unspecified atom stereocenters. The molecular weight excluding hydrogens is 427 g/mol. The Bertz CT molecular complexity index is 955. The number of halogens is 2. The summed E-state index contributed by atoms with van der Waals surface area (Å²) in [6, 6.07) is 12.0. The van der Waals surface area contributed by atoms with Crippen LogP contribution in [0.15, 0.2) is 57.6 Å². The van der Waals surface area contributed by atoms with E-state index in [1.54, 1.807) is 24.5 Å². The summed E-state index contributed by atoms with van der Waals surface area (Å²) in [6.07, 6.45) is 2.94. The molecule has 3 aromatic rings. The summed E-state index contributed by atoms with van der Waals surface area (Å²) in [5.41, 5.74) is 0.884. The second-order valence-electron chi connectivity index (χ2n) is 6.63. The Labute approximate surface area is 169 Å². The molecule has 3 heterocycles. The number of aromatic nitrogens is 2. The number of amides is 1. The molecule has 28 heavy (non-hydrogen) atoms. The summed E-state index contributed by atoms with van der Waals surface area (Å²) in [5.74, 6) is 0.685. The van der Waals surface area contributed by atoms with Crippen LogP contribution in [0.25, 0.3) is 11.5 Å². The molecule has 1 aliphatic rings. The number of piperidine rings is 1. The normalized spacial score (nSPS) is 14.9. The molecular formula is C20H18BrFN4O2. The van der Waals surface area contributed by atoms with Crippen LogP contribution in [0.3, 0.4) is 0 Å². The molecule has 0 aliphatic carbocycles. The summed E-state index contributed by atoms with van der Waals surface area (Å²) < 4.78 is 19.9. The van der Waals surface area contributed by atoms with Crippen LogP contribution in [0.4, 0.5) is 15.9 Å². The molecule has 1 amide bonds. The maximum atomic E-state index is 13.9. The number of benzene rings is 1. The SMILES string of the molecule is O=C(Nc1ccc(Br)cc1F)C1CCN(c2ccc(-c3ccco3)nn2)CC1. The average molecular weight is 445 g/mol. The van der Waals surface area contributed by atoms with Crippen LogP contribution in [-0.2, 0) is 4.79 Å². The Morgan fingerprint density at radius 3 is 2.64 bits per heavy atom. The van der Waals surface area contributed by atoms with E-state index in [9.17, 15) is 9.18 Å². The predicted molar refractivity (Wildman–Crippen MR) is 107 cm³/mol. The largest absolute Gasteiger partial charge is 0.463 e. The van der Waals surface area contributed by atoms with Crippen molar-refractivity contribution in [2.75, 3.05) is 23.3 Å². The van der Waals surface area contributed by atoms with Crippen molar-refractivity contribution in [1.29, 1.82) is 0 Å². The fourth-order valence-electron chi connectivity index (χ4n) is 3.25. The second-order valence-corrected chi connectivity index (χ2v) is 7.54. The summed E-state index contributed by atoms with van der Waals surface area (Å²) in [5, 5.41) is 11.2. The molecule has 4 rings (SSSR count). The van der Waals surface area contributed by atoms with Crippen molar-refractivity contribution in [1.82, 2.24) is 10.2 Å². The first-order valence-corrected chi connectivity index (χ1v) is 9.78. The highest BCUT2D eigenvalue weighted by Crippen LogP contribution is 2.25. The van der Waals surface area contributed by atoms with Crippen LogP contribution < -0.4 is 10.2 Å². The number of nitrogens with zero attached hydrogens (tertiary/aromatic N) is 3. The van der Waals surface area contributed by atoms with Crippen molar-refractivity contribution >= 4 is 33.3 Å². The minimum Gasteiger partial charge on any atom is -0.463 e. The molecule has 2 aromatic heterocycles. The van der Waals surface area contributed by atoms with E-state index in [2.05, 4.69) is 36.3 Å². The van der Waals surface area contributed by atoms with Gasteiger partial charge in [0.1, 0.15) is 11.5 Å².